The lowest BCUT2D eigenvalue weighted by Crippen LogP contribution is -2.39. The fourth-order valence-corrected chi connectivity index (χ4v) is 1.97. The molecule has 1 aliphatic carbocycles. The number of ether oxygens (including phenoxy) is 1. The molecule has 1 aromatic rings. The maximum absolute atomic E-state index is 5.58. The van der Waals surface area contributed by atoms with Gasteiger partial charge in [0, 0.05) is 26.7 Å². The molecule has 0 amide bonds. The molecule has 0 atom stereocenters. The molecule has 4 nitrogen and oxygen atoms in total. The van der Waals surface area contributed by atoms with Gasteiger partial charge in [-0.25, -0.2) is 0 Å². The van der Waals surface area contributed by atoms with Crippen molar-refractivity contribution < 1.29 is 4.74 Å². The van der Waals surface area contributed by atoms with E-state index in [1.807, 2.05) is 6.07 Å². The van der Waals surface area contributed by atoms with Gasteiger partial charge >= 0.3 is 0 Å². The van der Waals surface area contributed by atoms with Crippen LogP contribution in [0, 0.1) is 5.92 Å². The Morgan fingerprint density at radius 1 is 1.20 bits per heavy atom. The van der Waals surface area contributed by atoms with Gasteiger partial charge in [-0.05, 0) is 30.7 Å². The lowest BCUT2D eigenvalue weighted by molar-refractivity contribution is 0.129. The van der Waals surface area contributed by atoms with E-state index in [0.717, 1.165) is 44.6 Å². The van der Waals surface area contributed by atoms with E-state index in [9.17, 15) is 0 Å². The molecule has 4 heteroatoms. The van der Waals surface area contributed by atoms with Crippen molar-refractivity contribution in [2.75, 3.05) is 33.4 Å². The molecule has 0 bridgehead atoms. The highest BCUT2D eigenvalue weighted by Gasteiger charge is 2.20. The highest BCUT2D eigenvalue weighted by Crippen LogP contribution is 2.28. The number of hydrogen-bond donors (Lipinski definition) is 2. The molecular weight excluding hydrogens is 250 g/mol. The second kappa shape index (κ2) is 8.59. The zero-order valence-electron chi connectivity index (χ0n) is 12.3. The molecule has 1 saturated carbocycles. The van der Waals surface area contributed by atoms with Crippen molar-refractivity contribution in [1.29, 1.82) is 0 Å². The first-order valence-electron chi connectivity index (χ1n) is 7.44. The average Bonchev–Trinajstić information content (AvgIpc) is 3.30. The first-order valence-corrected chi connectivity index (χ1v) is 7.44. The van der Waals surface area contributed by atoms with Crippen molar-refractivity contribution >= 4 is 5.96 Å². The molecule has 0 aliphatic heterocycles. The Kier molecular flexibility index (Phi) is 6.38. The maximum Gasteiger partial charge on any atom is 0.191 e. The first-order chi connectivity index (χ1) is 9.88. The predicted octanol–water partition coefficient (Wildman–Crippen LogP) is 1.82. The van der Waals surface area contributed by atoms with Gasteiger partial charge in [-0.1, -0.05) is 30.3 Å². The van der Waals surface area contributed by atoms with Crippen molar-refractivity contribution in [2.45, 2.75) is 19.3 Å². The van der Waals surface area contributed by atoms with Crippen molar-refractivity contribution in [1.82, 2.24) is 10.6 Å². The SMILES string of the molecule is CN=C(NCCOCC1CC1)NCCc1ccccc1. The molecule has 20 heavy (non-hydrogen) atoms. The summed E-state index contributed by atoms with van der Waals surface area (Å²) < 4.78 is 5.58. The molecular formula is C16H25N3O. The van der Waals surface area contributed by atoms with E-state index in [0.29, 0.717) is 0 Å². The quantitative estimate of drug-likeness (QED) is 0.432. The molecule has 110 valence electrons. The maximum atomic E-state index is 5.58. The molecule has 0 radical (unpaired) electrons. The van der Waals surface area contributed by atoms with Gasteiger partial charge in [-0.2, -0.15) is 0 Å². The molecule has 0 aromatic heterocycles. The van der Waals surface area contributed by atoms with E-state index >= 15 is 0 Å². The van der Waals surface area contributed by atoms with Crippen molar-refractivity contribution in [3.63, 3.8) is 0 Å². The van der Waals surface area contributed by atoms with Gasteiger partial charge in [0.15, 0.2) is 5.96 Å². The molecule has 1 aromatic carbocycles. The van der Waals surface area contributed by atoms with Crippen molar-refractivity contribution in [3.8, 4) is 0 Å². The summed E-state index contributed by atoms with van der Waals surface area (Å²) in [5, 5.41) is 6.58. The fraction of sp³-hybridized carbons (Fsp3) is 0.562. The minimum atomic E-state index is 0.746. The van der Waals surface area contributed by atoms with Crippen LogP contribution in [-0.2, 0) is 11.2 Å². The molecule has 0 saturated heterocycles. The fourth-order valence-electron chi connectivity index (χ4n) is 1.97. The number of nitrogens with zero attached hydrogens (tertiary/aromatic N) is 1. The van der Waals surface area contributed by atoms with E-state index in [-0.39, 0.29) is 0 Å². The van der Waals surface area contributed by atoms with Crippen LogP contribution >= 0.6 is 0 Å². The van der Waals surface area contributed by atoms with Crippen LogP contribution in [0.4, 0.5) is 0 Å². The molecule has 1 aliphatic rings. The Morgan fingerprint density at radius 3 is 2.65 bits per heavy atom. The van der Waals surface area contributed by atoms with Crippen LogP contribution in [0.15, 0.2) is 35.3 Å². The number of guanidine groups is 1. The van der Waals surface area contributed by atoms with Crippen LogP contribution in [0.1, 0.15) is 18.4 Å². The van der Waals surface area contributed by atoms with Crippen LogP contribution in [-0.4, -0.2) is 39.3 Å². The van der Waals surface area contributed by atoms with Crippen LogP contribution in [0.3, 0.4) is 0 Å². The molecule has 0 heterocycles. The van der Waals surface area contributed by atoms with Crippen LogP contribution in [0.5, 0.6) is 0 Å². The molecule has 1 fully saturated rings. The molecule has 0 spiro atoms. The van der Waals surface area contributed by atoms with E-state index in [1.54, 1.807) is 7.05 Å². The van der Waals surface area contributed by atoms with Gasteiger partial charge in [0.1, 0.15) is 0 Å². The Labute approximate surface area is 121 Å². The van der Waals surface area contributed by atoms with Gasteiger partial charge in [0.25, 0.3) is 0 Å². The van der Waals surface area contributed by atoms with Gasteiger partial charge in [0.05, 0.1) is 6.61 Å². The number of rotatable bonds is 8. The Morgan fingerprint density at radius 2 is 1.95 bits per heavy atom. The summed E-state index contributed by atoms with van der Waals surface area (Å²) in [6.07, 6.45) is 3.69. The van der Waals surface area contributed by atoms with Gasteiger partial charge < -0.3 is 15.4 Å². The second-order valence-electron chi connectivity index (χ2n) is 5.18. The minimum absolute atomic E-state index is 0.746. The third-order valence-electron chi connectivity index (χ3n) is 3.36. The summed E-state index contributed by atoms with van der Waals surface area (Å²) in [4.78, 5) is 4.20. The predicted molar refractivity (Wildman–Crippen MR) is 83.1 cm³/mol. The van der Waals surface area contributed by atoms with Crippen LogP contribution in [0.25, 0.3) is 0 Å². The highest BCUT2D eigenvalue weighted by molar-refractivity contribution is 5.79. The minimum Gasteiger partial charge on any atom is -0.379 e. The van der Waals surface area contributed by atoms with Gasteiger partial charge in [-0.15, -0.1) is 0 Å². The monoisotopic (exact) mass is 275 g/mol. The molecule has 2 N–H and O–H groups in total. The summed E-state index contributed by atoms with van der Waals surface area (Å²) in [6, 6.07) is 10.5. The summed E-state index contributed by atoms with van der Waals surface area (Å²) in [5.74, 6) is 1.68. The van der Waals surface area contributed by atoms with Crippen molar-refractivity contribution in [2.24, 2.45) is 10.9 Å². The number of aliphatic imine (C=N–C) groups is 1. The van der Waals surface area contributed by atoms with E-state index < -0.39 is 0 Å². The summed E-state index contributed by atoms with van der Waals surface area (Å²) in [5.41, 5.74) is 1.34. The smallest absolute Gasteiger partial charge is 0.191 e. The summed E-state index contributed by atoms with van der Waals surface area (Å²) >= 11 is 0. The number of hydrogen-bond acceptors (Lipinski definition) is 2. The van der Waals surface area contributed by atoms with E-state index in [2.05, 4.69) is 39.9 Å². The van der Waals surface area contributed by atoms with Gasteiger partial charge in [0.2, 0.25) is 0 Å². The summed E-state index contributed by atoms with van der Waals surface area (Å²) in [7, 11) is 1.79. The third kappa shape index (κ3) is 6.06. The second-order valence-corrected chi connectivity index (χ2v) is 5.18. The number of nitrogens with one attached hydrogen (secondary N) is 2. The first kappa shape index (κ1) is 14.9. The van der Waals surface area contributed by atoms with Crippen LogP contribution in [0.2, 0.25) is 0 Å². The number of benzene rings is 1. The zero-order valence-corrected chi connectivity index (χ0v) is 12.3. The third-order valence-corrected chi connectivity index (χ3v) is 3.36. The lowest BCUT2D eigenvalue weighted by Gasteiger charge is -2.12. The van der Waals surface area contributed by atoms with Crippen molar-refractivity contribution in [3.05, 3.63) is 35.9 Å². The average molecular weight is 275 g/mol. The molecule has 0 unspecified atom stereocenters. The van der Waals surface area contributed by atoms with Gasteiger partial charge in [-0.3, -0.25) is 4.99 Å². The Bertz CT molecular complexity index is 401. The topological polar surface area (TPSA) is 45.7 Å². The standard InChI is InChI=1S/C16H25N3O/c1-17-16(19-11-12-20-13-15-7-8-15)18-10-9-14-5-3-2-4-6-14/h2-6,15H,7-13H2,1H3,(H2,17,18,19). The lowest BCUT2D eigenvalue weighted by atomic mass is 10.1. The summed E-state index contributed by atoms with van der Waals surface area (Å²) in [6.45, 7) is 3.35. The highest BCUT2D eigenvalue weighted by atomic mass is 16.5. The zero-order chi connectivity index (χ0) is 14.0. The van der Waals surface area contributed by atoms with Crippen LogP contribution < -0.4 is 10.6 Å². The van der Waals surface area contributed by atoms with E-state index in [4.69, 9.17) is 4.74 Å². The Hall–Kier alpha value is -1.55. The largest absolute Gasteiger partial charge is 0.379 e. The Balaban J connectivity index is 1.52. The van der Waals surface area contributed by atoms with E-state index in [1.165, 1.54) is 18.4 Å². The molecule has 2 rings (SSSR count). The normalized spacial score (nSPS) is 15.2.